The summed E-state index contributed by atoms with van der Waals surface area (Å²) in [7, 11) is 0. The molecular weight excluding hydrogens is 316 g/mol. The molecule has 2 aliphatic heterocycles. The average Bonchev–Trinajstić information content (AvgIpc) is 2.58. The highest BCUT2D eigenvalue weighted by Gasteiger charge is 2.35. The molecule has 0 radical (unpaired) electrons. The van der Waals surface area contributed by atoms with Gasteiger partial charge >= 0.3 is 0 Å². The number of benzene rings is 1. The maximum atomic E-state index is 12.6. The summed E-state index contributed by atoms with van der Waals surface area (Å²) in [6.07, 6.45) is 3.46. The zero-order valence-electron chi connectivity index (χ0n) is 15.4. The van der Waals surface area contributed by atoms with Gasteiger partial charge in [0.15, 0.2) is 0 Å². The summed E-state index contributed by atoms with van der Waals surface area (Å²) in [6, 6.07) is 5.49. The van der Waals surface area contributed by atoms with Crippen molar-refractivity contribution in [3.05, 3.63) is 29.3 Å². The fourth-order valence-corrected chi connectivity index (χ4v) is 3.86. The number of hydrogen-bond donors (Lipinski definition) is 2. The molecule has 0 aliphatic carbocycles. The van der Waals surface area contributed by atoms with E-state index in [4.69, 9.17) is 4.74 Å². The van der Waals surface area contributed by atoms with Crippen molar-refractivity contribution in [2.24, 2.45) is 11.3 Å². The van der Waals surface area contributed by atoms with Crippen molar-refractivity contribution in [3.63, 3.8) is 0 Å². The Kier molecular flexibility index (Phi) is 5.13. The Bertz CT molecular complexity index is 663. The Labute approximate surface area is 149 Å². The number of carbonyl (C=O) groups is 2. The Morgan fingerprint density at radius 3 is 2.88 bits per heavy atom. The summed E-state index contributed by atoms with van der Waals surface area (Å²) in [5.74, 6) is 0.322. The summed E-state index contributed by atoms with van der Waals surface area (Å²) in [5.41, 5.74) is 2.57. The third-order valence-electron chi connectivity index (χ3n) is 5.09. The highest BCUT2D eigenvalue weighted by molar-refractivity contribution is 5.97. The highest BCUT2D eigenvalue weighted by Crippen LogP contribution is 2.33. The van der Waals surface area contributed by atoms with Gasteiger partial charge in [-0.15, -0.1) is 0 Å². The van der Waals surface area contributed by atoms with Gasteiger partial charge in [-0.25, -0.2) is 0 Å². The molecule has 2 aliphatic rings. The van der Waals surface area contributed by atoms with Crippen LogP contribution < -0.4 is 10.6 Å². The third-order valence-corrected chi connectivity index (χ3v) is 5.09. The molecule has 0 aromatic heterocycles. The van der Waals surface area contributed by atoms with Gasteiger partial charge in [-0.2, -0.15) is 0 Å². The maximum absolute atomic E-state index is 12.6. The van der Waals surface area contributed by atoms with Gasteiger partial charge in [0.2, 0.25) is 5.91 Å². The lowest BCUT2D eigenvalue weighted by Gasteiger charge is -2.40. The van der Waals surface area contributed by atoms with E-state index in [0.717, 1.165) is 30.7 Å². The van der Waals surface area contributed by atoms with Gasteiger partial charge in [0.1, 0.15) is 0 Å². The molecule has 2 heterocycles. The SMILES string of the molecule is CC(C)(C)C1OCCCC1CNC(=O)c1ccc2c(c1)CCC(=O)N2. The number of nitrogens with one attached hydrogen (secondary N) is 2. The number of amides is 2. The molecule has 3 rings (SSSR count). The maximum Gasteiger partial charge on any atom is 0.251 e. The van der Waals surface area contributed by atoms with Crippen LogP contribution in [-0.4, -0.2) is 31.1 Å². The molecule has 25 heavy (non-hydrogen) atoms. The predicted molar refractivity (Wildman–Crippen MR) is 97.6 cm³/mol. The standard InChI is InChI=1S/C20H28N2O3/c1-20(2,3)18-15(5-4-10-25-18)12-21-19(24)14-6-8-16-13(11-14)7-9-17(23)22-16/h6,8,11,15,18H,4-5,7,9-10,12H2,1-3H3,(H,21,24)(H,22,23). The minimum Gasteiger partial charge on any atom is -0.377 e. The molecule has 0 saturated carbocycles. The molecule has 5 heteroatoms. The van der Waals surface area contributed by atoms with E-state index in [2.05, 4.69) is 31.4 Å². The van der Waals surface area contributed by atoms with E-state index in [1.165, 1.54) is 0 Å². The lowest BCUT2D eigenvalue weighted by molar-refractivity contribution is -0.116. The highest BCUT2D eigenvalue weighted by atomic mass is 16.5. The van der Waals surface area contributed by atoms with Crippen molar-refractivity contribution in [2.75, 3.05) is 18.5 Å². The molecule has 1 aromatic rings. The number of carbonyl (C=O) groups excluding carboxylic acids is 2. The summed E-state index contributed by atoms with van der Waals surface area (Å²) in [4.78, 5) is 24.0. The summed E-state index contributed by atoms with van der Waals surface area (Å²) in [6.45, 7) is 8.01. The van der Waals surface area contributed by atoms with E-state index >= 15 is 0 Å². The van der Waals surface area contributed by atoms with Crippen LogP contribution in [0.1, 0.15) is 56.0 Å². The molecule has 5 nitrogen and oxygen atoms in total. The van der Waals surface area contributed by atoms with E-state index in [9.17, 15) is 9.59 Å². The van der Waals surface area contributed by atoms with Crippen LogP contribution >= 0.6 is 0 Å². The van der Waals surface area contributed by atoms with Crippen molar-refractivity contribution in [1.82, 2.24) is 5.32 Å². The monoisotopic (exact) mass is 344 g/mol. The van der Waals surface area contributed by atoms with Crippen LogP contribution in [-0.2, 0) is 16.0 Å². The third kappa shape index (κ3) is 4.21. The molecule has 2 amide bonds. The summed E-state index contributed by atoms with van der Waals surface area (Å²) < 4.78 is 5.99. The first-order valence-corrected chi connectivity index (χ1v) is 9.17. The van der Waals surface area contributed by atoms with E-state index < -0.39 is 0 Å². The minimum absolute atomic E-state index is 0.0372. The zero-order valence-corrected chi connectivity index (χ0v) is 15.4. The normalized spacial score (nSPS) is 23.6. The van der Waals surface area contributed by atoms with Crippen LogP contribution in [0.25, 0.3) is 0 Å². The second-order valence-electron chi connectivity index (χ2n) is 8.19. The van der Waals surface area contributed by atoms with Crippen LogP contribution in [0, 0.1) is 11.3 Å². The molecule has 1 aromatic carbocycles. The van der Waals surface area contributed by atoms with Crippen LogP contribution in [0.15, 0.2) is 18.2 Å². The largest absolute Gasteiger partial charge is 0.377 e. The molecule has 136 valence electrons. The quantitative estimate of drug-likeness (QED) is 0.885. The van der Waals surface area contributed by atoms with Crippen LogP contribution in [0.4, 0.5) is 5.69 Å². The van der Waals surface area contributed by atoms with Crippen LogP contribution in [0.5, 0.6) is 0 Å². The number of ether oxygens (including phenoxy) is 1. The molecule has 1 saturated heterocycles. The lowest BCUT2D eigenvalue weighted by Crippen LogP contribution is -2.45. The number of hydrogen-bond acceptors (Lipinski definition) is 3. The molecule has 2 atom stereocenters. The van der Waals surface area contributed by atoms with Crippen molar-refractivity contribution in [1.29, 1.82) is 0 Å². The Hall–Kier alpha value is -1.88. The van der Waals surface area contributed by atoms with E-state index in [1.54, 1.807) is 6.07 Å². The number of aryl methyl sites for hydroxylation is 1. The number of rotatable bonds is 3. The molecule has 0 spiro atoms. The Balaban J connectivity index is 1.63. The first-order valence-electron chi connectivity index (χ1n) is 9.17. The molecule has 0 bridgehead atoms. The van der Waals surface area contributed by atoms with E-state index in [1.807, 2.05) is 12.1 Å². The second kappa shape index (κ2) is 7.16. The van der Waals surface area contributed by atoms with Gasteiger partial charge in [-0.3, -0.25) is 9.59 Å². The first kappa shape index (κ1) is 17.9. The van der Waals surface area contributed by atoms with Crippen molar-refractivity contribution in [2.45, 2.75) is 52.6 Å². The lowest BCUT2D eigenvalue weighted by atomic mass is 9.78. The molecular formula is C20H28N2O3. The molecule has 1 fully saturated rings. The van der Waals surface area contributed by atoms with Crippen LogP contribution in [0.3, 0.4) is 0 Å². The van der Waals surface area contributed by atoms with E-state index in [0.29, 0.717) is 30.9 Å². The predicted octanol–water partition coefficient (Wildman–Crippen LogP) is 3.14. The number of fused-ring (bicyclic) bond motifs is 1. The van der Waals surface area contributed by atoms with Crippen LogP contribution in [0.2, 0.25) is 0 Å². The van der Waals surface area contributed by atoms with Gasteiger partial charge in [0.25, 0.3) is 5.91 Å². The van der Waals surface area contributed by atoms with Gasteiger partial charge in [0, 0.05) is 36.7 Å². The van der Waals surface area contributed by atoms with Gasteiger partial charge in [-0.05, 0) is 48.4 Å². The first-order chi connectivity index (χ1) is 11.8. The van der Waals surface area contributed by atoms with E-state index in [-0.39, 0.29) is 23.3 Å². The summed E-state index contributed by atoms with van der Waals surface area (Å²) >= 11 is 0. The van der Waals surface area contributed by atoms with Gasteiger partial charge in [0.05, 0.1) is 6.10 Å². The van der Waals surface area contributed by atoms with Gasteiger partial charge < -0.3 is 15.4 Å². The fourth-order valence-electron chi connectivity index (χ4n) is 3.86. The Morgan fingerprint density at radius 1 is 1.32 bits per heavy atom. The minimum atomic E-state index is -0.0575. The van der Waals surface area contributed by atoms with Crippen molar-refractivity contribution < 1.29 is 14.3 Å². The zero-order chi connectivity index (χ0) is 18.0. The average molecular weight is 344 g/mol. The molecule has 2 unspecified atom stereocenters. The Morgan fingerprint density at radius 2 is 2.12 bits per heavy atom. The smallest absolute Gasteiger partial charge is 0.251 e. The fraction of sp³-hybridized carbons (Fsp3) is 0.600. The van der Waals surface area contributed by atoms with Crippen molar-refractivity contribution in [3.8, 4) is 0 Å². The van der Waals surface area contributed by atoms with Crippen molar-refractivity contribution >= 4 is 17.5 Å². The number of anilines is 1. The molecule has 2 N–H and O–H groups in total. The second-order valence-corrected chi connectivity index (χ2v) is 8.19. The van der Waals surface area contributed by atoms with Gasteiger partial charge in [-0.1, -0.05) is 20.8 Å². The topological polar surface area (TPSA) is 67.4 Å². The summed E-state index contributed by atoms with van der Waals surface area (Å²) in [5, 5.41) is 5.93.